The molecular weight excluding hydrogens is 224 g/mol. The molecule has 0 aromatic rings. The first-order valence-electron chi connectivity index (χ1n) is 6.28. The van der Waals surface area contributed by atoms with Gasteiger partial charge in [-0.3, -0.25) is 0 Å². The Bertz CT molecular complexity index is 342. The Morgan fingerprint density at radius 1 is 1.44 bits per heavy atom. The topological polar surface area (TPSA) is 50.6 Å². The smallest absolute Gasteiger partial charge is 0.208 e. The van der Waals surface area contributed by atoms with E-state index in [-0.39, 0.29) is 0 Å². The number of hydrogen-bond acceptors (Lipinski definition) is 2. The second kappa shape index (κ2) is 4.63. The van der Waals surface area contributed by atoms with E-state index in [1.165, 1.54) is 38.6 Å². The van der Waals surface area contributed by atoms with Crippen molar-refractivity contribution < 1.29 is 13.3 Å². The summed E-state index contributed by atoms with van der Waals surface area (Å²) in [6, 6.07) is 0.510. The van der Waals surface area contributed by atoms with E-state index in [1.807, 2.05) is 0 Å². The van der Waals surface area contributed by atoms with E-state index < -0.39 is 10.0 Å². The fraction of sp³-hybridized carbons (Fsp3) is 1.00. The van der Waals surface area contributed by atoms with Crippen molar-refractivity contribution >= 4 is 10.0 Å². The summed E-state index contributed by atoms with van der Waals surface area (Å²) in [7, 11) is -3.02. The lowest BCUT2D eigenvalue weighted by Crippen LogP contribution is -3.20. The minimum absolute atomic E-state index is 0.510. The Hall–Kier alpha value is -0.130. The van der Waals surface area contributed by atoms with Crippen molar-refractivity contribution in [2.45, 2.75) is 32.2 Å². The molecule has 0 radical (unpaired) electrons. The van der Waals surface area contributed by atoms with Crippen LogP contribution in [0.15, 0.2) is 0 Å². The lowest BCUT2D eigenvalue weighted by Gasteiger charge is -2.46. The van der Waals surface area contributed by atoms with Gasteiger partial charge in [-0.25, -0.2) is 13.1 Å². The van der Waals surface area contributed by atoms with E-state index in [4.69, 9.17) is 0 Å². The van der Waals surface area contributed by atoms with Gasteiger partial charge in [-0.1, -0.05) is 6.92 Å². The van der Waals surface area contributed by atoms with Gasteiger partial charge in [-0.2, -0.15) is 0 Å². The first-order valence-corrected chi connectivity index (χ1v) is 8.18. The molecule has 2 N–H and O–H groups in total. The van der Waals surface area contributed by atoms with Crippen LogP contribution in [0.3, 0.4) is 0 Å². The molecule has 0 amide bonds. The van der Waals surface area contributed by atoms with Crippen LogP contribution >= 0.6 is 0 Å². The highest BCUT2D eigenvalue weighted by atomic mass is 32.2. The Morgan fingerprint density at radius 3 is 2.69 bits per heavy atom. The van der Waals surface area contributed by atoms with Crippen LogP contribution in [-0.4, -0.2) is 40.3 Å². The van der Waals surface area contributed by atoms with Crippen molar-refractivity contribution in [2.75, 3.05) is 25.9 Å². The summed E-state index contributed by atoms with van der Waals surface area (Å²) in [6.45, 7) is 5.38. The Labute approximate surface area is 98.4 Å². The van der Waals surface area contributed by atoms with E-state index in [9.17, 15) is 8.42 Å². The van der Waals surface area contributed by atoms with Gasteiger partial charge < -0.3 is 4.90 Å². The molecule has 94 valence electrons. The maximum atomic E-state index is 11.1. The average molecular weight is 247 g/mol. The minimum Gasteiger partial charge on any atom is -0.331 e. The van der Waals surface area contributed by atoms with Crippen LogP contribution in [0.5, 0.6) is 0 Å². The molecule has 3 aliphatic rings. The summed E-state index contributed by atoms with van der Waals surface area (Å²) in [5, 5.41) is 0. The molecule has 0 saturated carbocycles. The van der Waals surface area contributed by atoms with Gasteiger partial charge in [-0.05, 0) is 12.3 Å². The minimum atomic E-state index is -3.02. The molecule has 4 nitrogen and oxygen atoms in total. The van der Waals surface area contributed by atoms with Crippen LogP contribution in [0.1, 0.15) is 26.2 Å². The summed E-state index contributed by atoms with van der Waals surface area (Å²) in [5.41, 5.74) is 0. The molecule has 3 rings (SSSR count). The molecule has 2 bridgehead atoms. The number of sulfonamides is 1. The Balaban J connectivity index is 1.90. The number of nitrogens with one attached hydrogen (secondary N) is 2. The highest BCUT2D eigenvalue weighted by molar-refractivity contribution is 7.88. The van der Waals surface area contributed by atoms with Crippen molar-refractivity contribution in [1.29, 1.82) is 0 Å². The van der Waals surface area contributed by atoms with Crippen LogP contribution < -0.4 is 9.62 Å². The standard InChI is InChI=1S/C11H22N2O2S/c1-3-9-8-13-5-4-10(9)6-11(13)7-12-16(2,14)15/h9-12H,3-8H2,1-2H3/p+1/t9-,10+,11+/m0/s1. The normalized spacial score (nSPS) is 38.9. The molecule has 16 heavy (non-hydrogen) atoms. The molecule has 5 heteroatoms. The Kier molecular flexibility index (Phi) is 3.56. The fourth-order valence-corrected chi connectivity index (χ4v) is 3.89. The van der Waals surface area contributed by atoms with Crippen molar-refractivity contribution in [2.24, 2.45) is 11.8 Å². The third-order valence-corrected chi connectivity index (χ3v) is 5.00. The van der Waals surface area contributed by atoms with Gasteiger partial charge in [-0.15, -0.1) is 0 Å². The van der Waals surface area contributed by atoms with Crippen LogP contribution in [0.25, 0.3) is 0 Å². The molecule has 3 fully saturated rings. The van der Waals surface area contributed by atoms with E-state index in [0.717, 1.165) is 11.8 Å². The molecule has 0 spiro atoms. The second-order valence-corrected chi connectivity index (χ2v) is 7.22. The largest absolute Gasteiger partial charge is 0.331 e. The number of fused-ring (bicyclic) bond motifs is 3. The van der Waals surface area contributed by atoms with Crippen molar-refractivity contribution in [3.8, 4) is 0 Å². The number of hydrogen-bond donors (Lipinski definition) is 2. The molecule has 0 aliphatic carbocycles. The molecule has 4 atom stereocenters. The molecule has 3 saturated heterocycles. The summed E-state index contributed by atoms with van der Waals surface area (Å²) < 4.78 is 24.8. The van der Waals surface area contributed by atoms with Crippen LogP contribution in [0.2, 0.25) is 0 Å². The number of rotatable bonds is 4. The summed E-state index contributed by atoms with van der Waals surface area (Å²) in [5.74, 6) is 1.71. The third kappa shape index (κ3) is 2.76. The van der Waals surface area contributed by atoms with Gasteiger partial charge in [0.2, 0.25) is 10.0 Å². The third-order valence-electron chi connectivity index (χ3n) is 4.31. The van der Waals surface area contributed by atoms with E-state index in [2.05, 4.69) is 11.6 Å². The zero-order valence-corrected chi connectivity index (χ0v) is 11.0. The average Bonchev–Trinajstić information content (AvgIpc) is 2.26. The maximum absolute atomic E-state index is 11.1. The van der Waals surface area contributed by atoms with Crippen molar-refractivity contribution in [3.05, 3.63) is 0 Å². The molecule has 0 aromatic heterocycles. The van der Waals surface area contributed by atoms with E-state index in [0.29, 0.717) is 12.6 Å². The van der Waals surface area contributed by atoms with Crippen molar-refractivity contribution in [3.63, 3.8) is 0 Å². The Morgan fingerprint density at radius 2 is 2.19 bits per heavy atom. The maximum Gasteiger partial charge on any atom is 0.208 e. The monoisotopic (exact) mass is 247 g/mol. The fourth-order valence-electron chi connectivity index (χ4n) is 3.38. The second-order valence-electron chi connectivity index (χ2n) is 5.38. The quantitative estimate of drug-likeness (QED) is 0.686. The lowest BCUT2D eigenvalue weighted by molar-refractivity contribution is -0.945. The lowest BCUT2D eigenvalue weighted by atomic mass is 9.74. The predicted octanol–water partition coefficient (Wildman–Crippen LogP) is -0.761. The summed E-state index contributed by atoms with van der Waals surface area (Å²) >= 11 is 0. The molecular formula is C11H23N2O2S+. The summed E-state index contributed by atoms with van der Waals surface area (Å²) in [6.07, 6.45) is 5.06. The number of piperidine rings is 3. The molecule has 1 unspecified atom stereocenters. The van der Waals surface area contributed by atoms with Gasteiger partial charge in [0.15, 0.2) is 0 Å². The first kappa shape index (κ1) is 12.3. The zero-order chi connectivity index (χ0) is 11.8. The molecule has 3 aliphatic heterocycles. The van der Waals surface area contributed by atoms with Crippen LogP contribution in [-0.2, 0) is 10.0 Å². The van der Waals surface area contributed by atoms with Gasteiger partial charge in [0.05, 0.1) is 25.9 Å². The van der Waals surface area contributed by atoms with Gasteiger partial charge in [0.25, 0.3) is 0 Å². The van der Waals surface area contributed by atoms with E-state index in [1.54, 1.807) is 4.90 Å². The first-order chi connectivity index (χ1) is 7.49. The van der Waals surface area contributed by atoms with Crippen molar-refractivity contribution in [1.82, 2.24) is 4.72 Å². The van der Waals surface area contributed by atoms with Crippen LogP contribution in [0, 0.1) is 11.8 Å². The zero-order valence-electron chi connectivity index (χ0n) is 10.2. The SMILES string of the molecule is CC[C@H]1C[NH+]2CC[C@@H]1C[C@@H]2CNS(C)(=O)=O. The highest BCUT2D eigenvalue weighted by Gasteiger charge is 2.42. The summed E-state index contributed by atoms with van der Waals surface area (Å²) in [4.78, 5) is 1.62. The molecule has 3 heterocycles. The van der Waals surface area contributed by atoms with Gasteiger partial charge >= 0.3 is 0 Å². The van der Waals surface area contributed by atoms with Gasteiger partial charge in [0, 0.05) is 18.8 Å². The highest BCUT2D eigenvalue weighted by Crippen LogP contribution is 2.28. The predicted molar refractivity (Wildman–Crippen MR) is 63.8 cm³/mol. The molecule has 0 aromatic carbocycles. The van der Waals surface area contributed by atoms with Crippen LogP contribution in [0.4, 0.5) is 0 Å². The van der Waals surface area contributed by atoms with E-state index >= 15 is 0 Å². The van der Waals surface area contributed by atoms with Gasteiger partial charge in [0.1, 0.15) is 6.04 Å². The number of quaternary nitrogens is 1.